The lowest BCUT2D eigenvalue weighted by Crippen LogP contribution is -2.44. The summed E-state index contributed by atoms with van der Waals surface area (Å²) >= 11 is 0. The first-order valence-corrected chi connectivity index (χ1v) is 9.20. The van der Waals surface area contributed by atoms with Crippen molar-refractivity contribution in [1.82, 2.24) is 15.2 Å². The summed E-state index contributed by atoms with van der Waals surface area (Å²) in [6, 6.07) is 2.67. The third kappa shape index (κ3) is 3.23. The Bertz CT molecular complexity index is 809. The molecule has 26 heavy (non-hydrogen) atoms. The Hall–Kier alpha value is -2.28. The maximum absolute atomic E-state index is 14.5. The second-order valence-electron chi connectivity index (χ2n) is 7.61. The van der Waals surface area contributed by atoms with E-state index in [1.807, 2.05) is 13.8 Å². The first kappa shape index (κ1) is 17.1. The molecule has 4 rings (SSSR count). The van der Waals surface area contributed by atoms with Crippen LogP contribution in [-0.4, -0.2) is 27.1 Å². The number of aryl methyl sites for hydroxylation is 2. The SMILES string of the molecule is Cc1n[nH]c(C)c1-c1ccc(NC(=O)[C@@H](N)C(C2CC2)C2CC2)nc1F. The van der Waals surface area contributed by atoms with Crippen molar-refractivity contribution in [3.05, 3.63) is 29.5 Å². The van der Waals surface area contributed by atoms with E-state index in [2.05, 4.69) is 20.5 Å². The Morgan fingerprint density at radius 3 is 2.42 bits per heavy atom. The normalized spacial score (nSPS) is 18.2. The van der Waals surface area contributed by atoms with Crippen molar-refractivity contribution in [3.8, 4) is 11.1 Å². The highest BCUT2D eigenvalue weighted by atomic mass is 19.1. The van der Waals surface area contributed by atoms with Crippen LogP contribution in [0, 0.1) is 37.5 Å². The molecule has 0 saturated heterocycles. The van der Waals surface area contributed by atoms with Gasteiger partial charge in [-0.25, -0.2) is 4.98 Å². The van der Waals surface area contributed by atoms with Gasteiger partial charge in [-0.3, -0.25) is 9.89 Å². The predicted molar refractivity (Wildman–Crippen MR) is 96.8 cm³/mol. The van der Waals surface area contributed by atoms with Crippen LogP contribution in [0.5, 0.6) is 0 Å². The topological polar surface area (TPSA) is 96.7 Å². The van der Waals surface area contributed by atoms with Crippen molar-refractivity contribution in [2.75, 3.05) is 5.32 Å². The number of halogens is 1. The zero-order valence-corrected chi connectivity index (χ0v) is 15.1. The van der Waals surface area contributed by atoms with Crippen LogP contribution in [0.3, 0.4) is 0 Å². The molecule has 2 aromatic rings. The van der Waals surface area contributed by atoms with Crippen LogP contribution in [0.1, 0.15) is 37.1 Å². The lowest BCUT2D eigenvalue weighted by atomic mass is 9.89. The fourth-order valence-electron chi connectivity index (χ4n) is 3.96. The predicted octanol–water partition coefficient (Wildman–Crippen LogP) is 2.93. The average molecular weight is 357 g/mol. The summed E-state index contributed by atoms with van der Waals surface area (Å²) in [7, 11) is 0. The van der Waals surface area contributed by atoms with Gasteiger partial charge in [0, 0.05) is 16.8 Å². The van der Waals surface area contributed by atoms with Gasteiger partial charge in [-0.05, 0) is 69.4 Å². The van der Waals surface area contributed by atoms with E-state index in [0.717, 1.165) is 31.4 Å². The summed E-state index contributed by atoms with van der Waals surface area (Å²) in [6.45, 7) is 3.64. The van der Waals surface area contributed by atoms with E-state index >= 15 is 0 Å². The highest BCUT2D eigenvalue weighted by Crippen LogP contribution is 2.50. The highest BCUT2D eigenvalue weighted by molar-refractivity contribution is 5.94. The number of hydrogen-bond acceptors (Lipinski definition) is 4. The minimum absolute atomic E-state index is 0.191. The van der Waals surface area contributed by atoms with E-state index in [0.29, 0.717) is 28.7 Å². The average Bonchev–Trinajstić information content (AvgIpc) is 3.51. The van der Waals surface area contributed by atoms with Crippen molar-refractivity contribution in [3.63, 3.8) is 0 Å². The number of anilines is 1. The third-order valence-electron chi connectivity index (χ3n) is 5.55. The molecule has 1 atom stereocenters. The van der Waals surface area contributed by atoms with Crippen LogP contribution in [0.15, 0.2) is 12.1 Å². The van der Waals surface area contributed by atoms with Crippen molar-refractivity contribution >= 4 is 11.7 Å². The van der Waals surface area contributed by atoms with Crippen molar-refractivity contribution in [1.29, 1.82) is 0 Å². The maximum Gasteiger partial charge on any atom is 0.242 e. The van der Waals surface area contributed by atoms with Gasteiger partial charge in [-0.1, -0.05) is 0 Å². The molecule has 2 aliphatic carbocycles. The van der Waals surface area contributed by atoms with Crippen molar-refractivity contribution in [2.45, 2.75) is 45.6 Å². The van der Waals surface area contributed by atoms with Crippen LogP contribution in [0.25, 0.3) is 11.1 Å². The summed E-state index contributed by atoms with van der Waals surface area (Å²) < 4.78 is 14.5. The van der Waals surface area contributed by atoms with Crippen LogP contribution < -0.4 is 11.1 Å². The molecule has 1 amide bonds. The number of amides is 1. The van der Waals surface area contributed by atoms with Crippen molar-refractivity contribution < 1.29 is 9.18 Å². The van der Waals surface area contributed by atoms with Crippen LogP contribution in [-0.2, 0) is 4.79 Å². The van der Waals surface area contributed by atoms with Gasteiger partial charge in [-0.15, -0.1) is 0 Å². The Kier molecular flexibility index (Phi) is 4.26. The summed E-state index contributed by atoms with van der Waals surface area (Å²) in [5.41, 5.74) is 8.78. The number of aromatic nitrogens is 3. The van der Waals surface area contributed by atoms with E-state index in [9.17, 15) is 9.18 Å². The molecule has 0 unspecified atom stereocenters. The standard InChI is InChI=1S/C19H24FN5O/c1-9-15(10(2)25-24-9)13-7-8-14(22-18(13)20)23-19(26)17(21)16(11-3-4-11)12-5-6-12/h7-8,11-12,16-17H,3-6,21H2,1-2H3,(H,24,25)(H,22,23,26)/t17-/m0/s1. The molecule has 2 aliphatic rings. The number of carbonyl (C=O) groups excluding carboxylic acids is 1. The lowest BCUT2D eigenvalue weighted by molar-refractivity contribution is -0.118. The molecule has 0 radical (unpaired) electrons. The molecule has 2 heterocycles. The highest BCUT2D eigenvalue weighted by Gasteiger charge is 2.46. The van der Waals surface area contributed by atoms with Gasteiger partial charge in [-0.2, -0.15) is 9.49 Å². The summed E-state index contributed by atoms with van der Waals surface area (Å²) in [5.74, 6) is 0.671. The second-order valence-corrected chi connectivity index (χ2v) is 7.61. The minimum atomic E-state index is -0.634. The van der Waals surface area contributed by atoms with Gasteiger partial charge in [0.1, 0.15) is 5.82 Å². The quantitative estimate of drug-likeness (QED) is 0.693. The number of pyridine rings is 1. The van der Waals surface area contributed by atoms with Gasteiger partial charge >= 0.3 is 0 Å². The molecule has 2 aromatic heterocycles. The second kappa shape index (κ2) is 6.46. The van der Waals surface area contributed by atoms with E-state index in [-0.39, 0.29) is 17.6 Å². The zero-order valence-electron chi connectivity index (χ0n) is 15.1. The molecule has 0 aliphatic heterocycles. The van der Waals surface area contributed by atoms with Gasteiger partial charge in [0.2, 0.25) is 11.9 Å². The number of aromatic amines is 1. The molecule has 0 bridgehead atoms. The first-order valence-electron chi connectivity index (χ1n) is 9.20. The molecule has 0 aromatic carbocycles. The third-order valence-corrected chi connectivity index (χ3v) is 5.55. The number of carbonyl (C=O) groups is 1. The first-order chi connectivity index (χ1) is 12.5. The number of H-pyrrole nitrogens is 1. The van der Waals surface area contributed by atoms with Crippen LogP contribution >= 0.6 is 0 Å². The Morgan fingerprint density at radius 1 is 1.27 bits per heavy atom. The number of nitrogens with one attached hydrogen (secondary N) is 2. The van der Waals surface area contributed by atoms with E-state index < -0.39 is 12.0 Å². The monoisotopic (exact) mass is 357 g/mol. The van der Waals surface area contributed by atoms with Gasteiger partial charge in [0.15, 0.2) is 0 Å². The summed E-state index contributed by atoms with van der Waals surface area (Å²) in [5, 5.41) is 9.62. The molecule has 7 heteroatoms. The summed E-state index contributed by atoms with van der Waals surface area (Å²) in [4.78, 5) is 16.5. The largest absolute Gasteiger partial charge is 0.320 e. The molecule has 2 fully saturated rings. The zero-order chi connectivity index (χ0) is 18.4. The number of nitrogens with two attached hydrogens (primary N) is 1. The Labute approximate surface area is 151 Å². The van der Waals surface area contributed by atoms with Gasteiger partial charge in [0.25, 0.3) is 0 Å². The Morgan fingerprint density at radius 2 is 1.92 bits per heavy atom. The minimum Gasteiger partial charge on any atom is -0.320 e. The molecule has 0 spiro atoms. The smallest absolute Gasteiger partial charge is 0.242 e. The summed E-state index contributed by atoms with van der Waals surface area (Å²) in [6.07, 6.45) is 4.64. The fraction of sp³-hybridized carbons (Fsp3) is 0.526. The molecule has 2 saturated carbocycles. The fourth-order valence-corrected chi connectivity index (χ4v) is 3.96. The molecular weight excluding hydrogens is 333 g/mol. The maximum atomic E-state index is 14.5. The van der Waals surface area contributed by atoms with Crippen LogP contribution in [0.4, 0.5) is 10.2 Å². The molecule has 4 N–H and O–H groups in total. The van der Waals surface area contributed by atoms with E-state index in [1.54, 1.807) is 12.1 Å². The molecule has 138 valence electrons. The number of rotatable bonds is 6. The molecule has 6 nitrogen and oxygen atoms in total. The number of nitrogens with zero attached hydrogens (tertiary/aromatic N) is 2. The van der Waals surface area contributed by atoms with Gasteiger partial charge in [0.05, 0.1) is 11.7 Å². The van der Waals surface area contributed by atoms with Gasteiger partial charge < -0.3 is 11.1 Å². The van der Waals surface area contributed by atoms with Crippen molar-refractivity contribution in [2.24, 2.45) is 23.5 Å². The molecular formula is C19H24FN5O. The lowest BCUT2D eigenvalue weighted by Gasteiger charge is -2.22. The van der Waals surface area contributed by atoms with E-state index in [1.165, 1.54) is 0 Å². The Balaban J connectivity index is 1.50. The number of hydrogen-bond donors (Lipinski definition) is 3. The van der Waals surface area contributed by atoms with E-state index in [4.69, 9.17) is 5.73 Å². The van der Waals surface area contributed by atoms with Crippen LogP contribution in [0.2, 0.25) is 0 Å².